The summed E-state index contributed by atoms with van der Waals surface area (Å²) in [5, 5.41) is 3.01. The van der Waals surface area contributed by atoms with Crippen molar-refractivity contribution in [2.75, 3.05) is 0 Å². The van der Waals surface area contributed by atoms with E-state index in [1.54, 1.807) is 24.8 Å². The number of nitrogens with zero attached hydrogens (tertiary/aromatic N) is 4. The van der Waals surface area contributed by atoms with Crippen molar-refractivity contribution in [3.63, 3.8) is 0 Å². The first kappa shape index (κ1) is 17.1. The van der Waals surface area contributed by atoms with Crippen LogP contribution >= 0.6 is 11.6 Å². The molecule has 0 N–H and O–H groups in total. The van der Waals surface area contributed by atoms with E-state index < -0.39 is 5.82 Å². The molecule has 2 heterocycles. The summed E-state index contributed by atoms with van der Waals surface area (Å²) >= 11 is 5.81. The molecule has 0 saturated heterocycles. The molecule has 27 heavy (non-hydrogen) atoms. The SMILES string of the molecule is Cn1cncc1-c1ccc2c(Oc3ccc(N=O)c(Cl)c3F)ccnc2c1. The third-order valence-corrected chi connectivity index (χ3v) is 4.52. The molecule has 0 aliphatic heterocycles. The number of imidazole rings is 1. The first-order valence-corrected chi connectivity index (χ1v) is 8.31. The molecule has 0 aliphatic rings. The summed E-state index contributed by atoms with van der Waals surface area (Å²) in [6, 6.07) is 9.91. The average molecular weight is 383 g/mol. The summed E-state index contributed by atoms with van der Waals surface area (Å²) in [6.45, 7) is 0. The molecule has 0 spiro atoms. The highest BCUT2D eigenvalue weighted by molar-refractivity contribution is 6.33. The number of hydrogen-bond acceptors (Lipinski definition) is 5. The molecule has 2 aromatic heterocycles. The Morgan fingerprint density at radius 2 is 2.04 bits per heavy atom. The van der Waals surface area contributed by atoms with E-state index in [9.17, 15) is 9.30 Å². The van der Waals surface area contributed by atoms with Crippen LogP contribution in [0.4, 0.5) is 10.1 Å². The first-order chi connectivity index (χ1) is 13.1. The zero-order valence-electron chi connectivity index (χ0n) is 14.1. The van der Waals surface area contributed by atoms with Crippen LogP contribution < -0.4 is 4.74 Å². The third-order valence-electron chi connectivity index (χ3n) is 4.16. The first-order valence-electron chi connectivity index (χ1n) is 7.93. The van der Waals surface area contributed by atoms with Gasteiger partial charge in [-0.2, -0.15) is 0 Å². The average Bonchev–Trinajstić information content (AvgIpc) is 3.11. The zero-order chi connectivity index (χ0) is 19.0. The number of pyridine rings is 1. The second-order valence-electron chi connectivity index (χ2n) is 5.83. The molecule has 8 heteroatoms. The summed E-state index contributed by atoms with van der Waals surface area (Å²) in [5.74, 6) is -0.529. The minimum absolute atomic E-state index is 0.101. The number of aryl methyl sites for hydroxylation is 1. The van der Waals surface area contributed by atoms with E-state index in [1.165, 1.54) is 12.1 Å². The van der Waals surface area contributed by atoms with Crippen LogP contribution in [0.1, 0.15) is 0 Å². The molecule has 0 amide bonds. The molecule has 0 aliphatic carbocycles. The van der Waals surface area contributed by atoms with Crippen LogP contribution in [0.2, 0.25) is 5.02 Å². The lowest BCUT2D eigenvalue weighted by Gasteiger charge is -2.11. The molecule has 4 aromatic rings. The number of halogens is 2. The highest BCUT2D eigenvalue weighted by atomic mass is 35.5. The predicted octanol–water partition coefficient (Wildman–Crippen LogP) is 5.62. The van der Waals surface area contributed by atoms with E-state index in [-0.39, 0.29) is 16.5 Å². The molecule has 134 valence electrons. The largest absolute Gasteiger partial charge is 0.453 e. The molecule has 0 fully saturated rings. The van der Waals surface area contributed by atoms with Gasteiger partial charge in [0.25, 0.3) is 0 Å². The Labute approximate surface area is 158 Å². The predicted molar refractivity (Wildman–Crippen MR) is 101 cm³/mol. The molecule has 0 saturated carbocycles. The third kappa shape index (κ3) is 3.02. The van der Waals surface area contributed by atoms with Gasteiger partial charge >= 0.3 is 0 Å². The van der Waals surface area contributed by atoms with Crippen LogP contribution in [0.25, 0.3) is 22.2 Å². The lowest BCUT2D eigenvalue weighted by atomic mass is 10.1. The lowest BCUT2D eigenvalue weighted by molar-refractivity contribution is 0.446. The van der Waals surface area contributed by atoms with Gasteiger partial charge in [-0.05, 0) is 35.5 Å². The summed E-state index contributed by atoms with van der Waals surface area (Å²) in [6.07, 6.45) is 5.06. The van der Waals surface area contributed by atoms with Crippen LogP contribution in [0, 0.1) is 10.7 Å². The smallest absolute Gasteiger partial charge is 0.186 e. The number of aromatic nitrogens is 3. The molecule has 0 unspecified atom stereocenters. The Balaban J connectivity index is 1.76. The Morgan fingerprint density at radius 1 is 1.19 bits per heavy atom. The number of rotatable bonds is 4. The Hall–Kier alpha value is -3.32. The van der Waals surface area contributed by atoms with Crippen molar-refractivity contribution >= 4 is 28.2 Å². The maximum atomic E-state index is 14.3. The van der Waals surface area contributed by atoms with Crippen molar-refractivity contribution in [2.24, 2.45) is 12.2 Å². The Kier molecular flexibility index (Phi) is 4.29. The van der Waals surface area contributed by atoms with Crippen molar-refractivity contribution in [2.45, 2.75) is 0 Å². The fraction of sp³-hybridized carbons (Fsp3) is 0.0526. The highest BCUT2D eigenvalue weighted by Crippen LogP contribution is 2.37. The summed E-state index contributed by atoms with van der Waals surface area (Å²) in [7, 11) is 1.91. The standard InChI is InChI=1S/C19H12ClFN4O2/c1-25-10-22-9-15(25)11-2-3-12-14(8-11)23-7-6-16(12)27-17-5-4-13(24-26)18(20)19(17)21/h2-10H,1H3. The lowest BCUT2D eigenvalue weighted by Crippen LogP contribution is -1.93. The van der Waals surface area contributed by atoms with E-state index in [0.29, 0.717) is 16.7 Å². The van der Waals surface area contributed by atoms with Gasteiger partial charge in [-0.15, -0.1) is 4.91 Å². The fourth-order valence-electron chi connectivity index (χ4n) is 2.79. The second-order valence-corrected chi connectivity index (χ2v) is 6.21. The number of benzene rings is 2. The summed E-state index contributed by atoms with van der Waals surface area (Å²) in [5.41, 5.74) is 2.40. The van der Waals surface area contributed by atoms with Crippen molar-refractivity contribution in [1.82, 2.24) is 14.5 Å². The van der Waals surface area contributed by atoms with E-state index in [0.717, 1.165) is 11.3 Å². The minimum atomic E-state index is -0.842. The van der Waals surface area contributed by atoms with Crippen molar-refractivity contribution in [3.8, 4) is 22.8 Å². The molecule has 0 radical (unpaired) electrons. The molecule has 4 rings (SSSR count). The van der Waals surface area contributed by atoms with E-state index in [4.69, 9.17) is 16.3 Å². The van der Waals surface area contributed by atoms with Gasteiger partial charge in [-0.1, -0.05) is 17.7 Å². The van der Waals surface area contributed by atoms with Gasteiger partial charge < -0.3 is 9.30 Å². The van der Waals surface area contributed by atoms with Gasteiger partial charge in [0.15, 0.2) is 11.6 Å². The van der Waals surface area contributed by atoms with Crippen molar-refractivity contribution in [1.29, 1.82) is 0 Å². The van der Waals surface area contributed by atoms with Gasteiger partial charge in [-0.25, -0.2) is 9.37 Å². The highest BCUT2D eigenvalue weighted by Gasteiger charge is 2.15. The molecular formula is C19H12ClFN4O2. The maximum absolute atomic E-state index is 14.3. The molecule has 0 bridgehead atoms. The van der Waals surface area contributed by atoms with Crippen LogP contribution in [-0.2, 0) is 7.05 Å². The summed E-state index contributed by atoms with van der Waals surface area (Å²) < 4.78 is 21.9. The van der Waals surface area contributed by atoms with Crippen LogP contribution in [-0.4, -0.2) is 14.5 Å². The van der Waals surface area contributed by atoms with Crippen LogP contribution in [0.5, 0.6) is 11.5 Å². The molecule has 6 nitrogen and oxygen atoms in total. The van der Waals surface area contributed by atoms with E-state index in [1.807, 2.05) is 29.8 Å². The van der Waals surface area contributed by atoms with Crippen LogP contribution in [0.3, 0.4) is 0 Å². The van der Waals surface area contributed by atoms with E-state index >= 15 is 0 Å². The Bertz CT molecular complexity index is 1180. The van der Waals surface area contributed by atoms with Gasteiger partial charge in [0.1, 0.15) is 16.5 Å². The second kappa shape index (κ2) is 6.77. The monoisotopic (exact) mass is 382 g/mol. The topological polar surface area (TPSA) is 69.4 Å². The molecule has 2 aromatic carbocycles. The van der Waals surface area contributed by atoms with Crippen LogP contribution in [0.15, 0.2) is 60.3 Å². The zero-order valence-corrected chi connectivity index (χ0v) is 14.8. The number of hydrogen-bond donors (Lipinski definition) is 0. The minimum Gasteiger partial charge on any atom is -0.453 e. The number of ether oxygens (including phenoxy) is 1. The maximum Gasteiger partial charge on any atom is 0.186 e. The van der Waals surface area contributed by atoms with Gasteiger partial charge in [0, 0.05) is 24.2 Å². The summed E-state index contributed by atoms with van der Waals surface area (Å²) in [4.78, 5) is 19.1. The van der Waals surface area contributed by atoms with Crippen molar-refractivity contribution in [3.05, 3.63) is 70.9 Å². The Morgan fingerprint density at radius 3 is 2.78 bits per heavy atom. The van der Waals surface area contributed by atoms with E-state index in [2.05, 4.69) is 15.1 Å². The quantitative estimate of drug-likeness (QED) is 0.429. The normalized spacial score (nSPS) is 10.9. The number of nitroso groups, excluding NO2 is 1. The molecular weight excluding hydrogens is 371 g/mol. The van der Waals surface area contributed by atoms with Gasteiger partial charge in [0.2, 0.25) is 0 Å². The van der Waals surface area contributed by atoms with Gasteiger partial charge in [-0.3, -0.25) is 4.98 Å². The molecule has 0 atom stereocenters. The van der Waals surface area contributed by atoms with Crippen molar-refractivity contribution < 1.29 is 9.13 Å². The van der Waals surface area contributed by atoms with Gasteiger partial charge in [0.05, 0.1) is 23.7 Å². The number of fused-ring (bicyclic) bond motifs is 1. The fourth-order valence-corrected chi connectivity index (χ4v) is 2.99.